The third-order valence-electron chi connectivity index (χ3n) is 3.67. The molecule has 3 heteroatoms. The molecule has 1 aliphatic carbocycles. The molecule has 20 heavy (non-hydrogen) atoms. The molecule has 0 radical (unpaired) electrons. The van der Waals surface area contributed by atoms with Crippen LogP contribution in [0.25, 0.3) is 11.3 Å². The van der Waals surface area contributed by atoms with E-state index in [1.807, 2.05) is 37.4 Å². The maximum atomic E-state index is 13.6. The highest BCUT2D eigenvalue weighted by Crippen LogP contribution is 2.22. The Kier molecular flexibility index (Phi) is 3.70. The summed E-state index contributed by atoms with van der Waals surface area (Å²) >= 11 is 0. The summed E-state index contributed by atoms with van der Waals surface area (Å²) in [5, 5.41) is 5.11. The molecule has 0 saturated carbocycles. The number of ether oxygens (including phenoxy) is 1. The average Bonchev–Trinajstić information content (AvgIpc) is 2.47. The topological polar surface area (TPSA) is 21.3 Å². The summed E-state index contributed by atoms with van der Waals surface area (Å²) in [7, 11) is 1.93. The van der Waals surface area contributed by atoms with E-state index in [9.17, 15) is 4.39 Å². The second-order valence-corrected chi connectivity index (χ2v) is 5.06. The van der Waals surface area contributed by atoms with E-state index in [0.717, 1.165) is 41.2 Å². The van der Waals surface area contributed by atoms with E-state index in [1.165, 1.54) is 6.07 Å². The standard InChI is InChI=1S/C17H18FNO/c1-19-10-4-7-17-15-11-12(18)8-9-13(15)14-5-2-3-6-16(14)20-17/h2-3,5-6,8-9,11,16,19H,4,7,10H2,1H3. The summed E-state index contributed by atoms with van der Waals surface area (Å²) < 4.78 is 19.6. The van der Waals surface area contributed by atoms with Crippen molar-refractivity contribution in [3.05, 3.63) is 58.8 Å². The molecule has 1 N–H and O–H groups in total. The lowest BCUT2D eigenvalue weighted by molar-refractivity contribution is 0.242. The molecule has 0 amide bonds. The van der Waals surface area contributed by atoms with E-state index in [0.29, 0.717) is 0 Å². The van der Waals surface area contributed by atoms with Gasteiger partial charge in [0.05, 0.1) is 0 Å². The summed E-state index contributed by atoms with van der Waals surface area (Å²) in [6.45, 7) is 0.925. The van der Waals surface area contributed by atoms with Gasteiger partial charge in [0.2, 0.25) is 0 Å². The highest BCUT2D eigenvalue weighted by Gasteiger charge is 2.20. The lowest BCUT2D eigenvalue weighted by Gasteiger charge is -2.25. The zero-order valence-corrected chi connectivity index (χ0v) is 11.5. The van der Waals surface area contributed by atoms with E-state index in [4.69, 9.17) is 4.74 Å². The minimum absolute atomic E-state index is 0.0393. The van der Waals surface area contributed by atoms with Gasteiger partial charge in [0.25, 0.3) is 0 Å². The van der Waals surface area contributed by atoms with E-state index >= 15 is 0 Å². The molecule has 0 saturated heterocycles. The number of fused-ring (bicyclic) bond motifs is 2. The third-order valence-corrected chi connectivity index (χ3v) is 3.67. The van der Waals surface area contributed by atoms with Crippen molar-refractivity contribution in [3.63, 3.8) is 0 Å². The van der Waals surface area contributed by atoms with Crippen LogP contribution >= 0.6 is 0 Å². The first-order valence-electron chi connectivity index (χ1n) is 6.98. The van der Waals surface area contributed by atoms with Crippen molar-refractivity contribution in [2.75, 3.05) is 13.6 Å². The second-order valence-electron chi connectivity index (χ2n) is 5.06. The Morgan fingerprint density at radius 1 is 1.25 bits per heavy atom. The summed E-state index contributed by atoms with van der Waals surface area (Å²) in [6.07, 6.45) is 9.83. The Bertz CT molecular complexity index is 687. The predicted octanol–water partition coefficient (Wildman–Crippen LogP) is 1.61. The quantitative estimate of drug-likeness (QED) is 0.840. The Morgan fingerprint density at radius 3 is 3.00 bits per heavy atom. The van der Waals surface area contributed by atoms with Gasteiger partial charge in [-0.15, -0.1) is 0 Å². The Morgan fingerprint density at radius 2 is 2.15 bits per heavy atom. The number of hydrogen-bond donors (Lipinski definition) is 1. The molecular weight excluding hydrogens is 253 g/mol. The van der Waals surface area contributed by atoms with Gasteiger partial charge in [0.1, 0.15) is 17.7 Å². The van der Waals surface area contributed by atoms with Crippen LogP contribution in [0.5, 0.6) is 0 Å². The largest absolute Gasteiger partial charge is 0.485 e. The van der Waals surface area contributed by atoms with Crippen molar-refractivity contribution in [2.24, 2.45) is 0 Å². The highest BCUT2D eigenvalue weighted by atomic mass is 19.1. The first-order chi connectivity index (χ1) is 9.79. The maximum absolute atomic E-state index is 13.6. The Balaban J connectivity index is 2.13. The predicted molar refractivity (Wildman–Crippen MR) is 78.8 cm³/mol. The van der Waals surface area contributed by atoms with E-state index in [-0.39, 0.29) is 11.9 Å². The molecule has 1 aliphatic heterocycles. The molecular formula is C17H18FNO. The molecule has 104 valence electrons. The molecule has 1 aromatic carbocycles. The number of rotatable bonds is 4. The van der Waals surface area contributed by atoms with Crippen molar-refractivity contribution in [2.45, 2.75) is 18.9 Å². The van der Waals surface area contributed by atoms with Gasteiger partial charge in [-0.2, -0.15) is 0 Å². The zero-order chi connectivity index (χ0) is 13.9. The summed E-state index contributed by atoms with van der Waals surface area (Å²) in [5.41, 5.74) is 1.11. The van der Waals surface area contributed by atoms with Gasteiger partial charge in [-0.1, -0.05) is 24.3 Å². The van der Waals surface area contributed by atoms with Crippen LogP contribution in [0, 0.1) is 5.82 Å². The van der Waals surface area contributed by atoms with Gasteiger partial charge in [0, 0.05) is 17.2 Å². The molecule has 0 bridgehead atoms. The zero-order valence-electron chi connectivity index (χ0n) is 11.5. The molecule has 1 heterocycles. The lowest BCUT2D eigenvalue weighted by Crippen LogP contribution is -2.38. The van der Waals surface area contributed by atoms with Crippen LogP contribution in [-0.4, -0.2) is 19.7 Å². The minimum Gasteiger partial charge on any atom is -0.485 e. The lowest BCUT2D eigenvalue weighted by atomic mass is 9.97. The number of benzene rings is 1. The molecule has 0 fully saturated rings. The monoisotopic (exact) mass is 271 g/mol. The maximum Gasteiger partial charge on any atom is 0.142 e. The fraction of sp³-hybridized carbons (Fsp3) is 0.294. The Hall–Kier alpha value is -1.87. The fourth-order valence-electron chi connectivity index (χ4n) is 2.70. The number of halogens is 1. The molecule has 0 spiro atoms. The summed E-state index contributed by atoms with van der Waals surface area (Å²) in [4.78, 5) is 0. The van der Waals surface area contributed by atoms with Crippen molar-refractivity contribution >= 4 is 11.3 Å². The third kappa shape index (κ3) is 2.41. The summed E-state index contributed by atoms with van der Waals surface area (Å²) in [6, 6.07) is 4.96. The number of hydrogen-bond acceptors (Lipinski definition) is 2. The van der Waals surface area contributed by atoms with Crippen LogP contribution in [-0.2, 0) is 4.74 Å². The molecule has 3 rings (SSSR count). The SMILES string of the molecule is CNCCCC1=c2cc(F)ccc2=C2C=CC=CC2O1. The van der Waals surface area contributed by atoms with Gasteiger partial charge >= 0.3 is 0 Å². The minimum atomic E-state index is -0.215. The highest BCUT2D eigenvalue weighted by molar-refractivity contribution is 5.69. The van der Waals surface area contributed by atoms with Gasteiger partial charge in [-0.25, -0.2) is 4.39 Å². The van der Waals surface area contributed by atoms with Crippen LogP contribution in [0.4, 0.5) is 4.39 Å². The fourth-order valence-corrected chi connectivity index (χ4v) is 2.70. The second kappa shape index (κ2) is 5.63. The van der Waals surface area contributed by atoms with E-state index in [2.05, 4.69) is 5.32 Å². The number of nitrogens with one attached hydrogen (secondary N) is 1. The van der Waals surface area contributed by atoms with Crippen LogP contribution in [0.3, 0.4) is 0 Å². The molecule has 2 nitrogen and oxygen atoms in total. The normalized spacial score (nSPS) is 19.6. The van der Waals surface area contributed by atoms with Crippen LogP contribution in [0.2, 0.25) is 0 Å². The van der Waals surface area contributed by atoms with Crippen molar-refractivity contribution in [1.82, 2.24) is 5.32 Å². The van der Waals surface area contributed by atoms with Crippen molar-refractivity contribution in [1.29, 1.82) is 0 Å². The molecule has 1 aromatic rings. The molecule has 1 atom stereocenters. The Labute approximate surface area is 118 Å². The van der Waals surface area contributed by atoms with E-state index in [1.54, 1.807) is 6.07 Å². The molecule has 1 unspecified atom stereocenters. The van der Waals surface area contributed by atoms with Gasteiger partial charge in [-0.05, 0) is 43.4 Å². The van der Waals surface area contributed by atoms with Crippen molar-refractivity contribution in [3.8, 4) is 0 Å². The van der Waals surface area contributed by atoms with Gasteiger partial charge < -0.3 is 10.1 Å². The number of allylic oxidation sites excluding steroid dienone is 2. The molecule has 2 aliphatic rings. The summed E-state index contributed by atoms with van der Waals surface area (Å²) in [5.74, 6) is 0.677. The first kappa shape index (κ1) is 13.1. The van der Waals surface area contributed by atoms with Crippen LogP contribution in [0.1, 0.15) is 12.8 Å². The first-order valence-corrected chi connectivity index (χ1v) is 6.98. The van der Waals surface area contributed by atoms with Crippen LogP contribution < -0.4 is 15.8 Å². The van der Waals surface area contributed by atoms with Crippen molar-refractivity contribution < 1.29 is 9.13 Å². The molecule has 0 aromatic heterocycles. The smallest absolute Gasteiger partial charge is 0.142 e. The van der Waals surface area contributed by atoms with Crippen LogP contribution in [0.15, 0.2) is 42.5 Å². The van der Waals surface area contributed by atoms with Gasteiger partial charge in [0.15, 0.2) is 0 Å². The van der Waals surface area contributed by atoms with Gasteiger partial charge in [-0.3, -0.25) is 0 Å². The average molecular weight is 271 g/mol. The van der Waals surface area contributed by atoms with E-state index < -0.39 is 0 Å².